The maximum atomic E-state index is 6.10. The Morgan fingerprint density at radius 2 is 1.95 bits per heavy atom. The Balaban J connectivity index is 1.48. The quantitative estimate of drug-likeness (QED) is 0.913. The van der Waals surface area contributed by atoms with Crippen LogP contribution in [0.5, 0.6) is 5.75 Å². The van der Waals surface area contributed by atoms with Crippen LogP contribution in [0.15, 0.2) is 30.5 Å². The lowest BCUT2D eigenvalue weighted by Crippen LogP contribution is -2.74. The van der Waals surface area contributed by atoms with Gasteiger partial charge in [0.2, 0.25) is 0 Å². The number of rotatable bonds is 4. The van der Waals surface area contributed by atoms with Crippen molar-refractivity contribution in [1.82, 2.24) is 15.0 Å². The van der Waals surface area contributed by atoms with Crippen LogP contribution in [-0.2, 0) is 12.0 Å². The summed E-state index contributed by atoms with van der Waals surface area (Å²) in [6, 6.07) is 8.03. The smallest absolute Gasteiger partial charge is 0.118 e. The van der Waals surface area contributed by atoms with Crippen molar-refractivity contribution in [3.8, 4) is 5.75 Å². The molecule has 1 aromatic carbocycles. The van der Waals surface area contributed by atoms with Gasteiger partial charge in [-0.2, -0.15) is 0 Å². The first-order valence-electron chi connectivity index (χ1n) is 6.93. The van der Waals surface area contributed by atoms with Gasteiger partial charge in [0.05, 0.1) is 19.3 Å². The number of benzene rings is 1. The van der Waals surface area contributed by atoms with Gasteiger partial charge in [-0.3, -0.25) is 0 Å². The van der Waals surface area contributed by atoms with Crippen LogP contribution >= 0.6 is 0 Å². The molecule has 3 saturated carbocycles. The van der Waals surface area contributed by atoms with Crippen LogP contribution in [0.25, 0.3) is 0 Å². The molecule has 2 bridgehead atoms. The van der Waals surface area contributed by atoms with Gasteiger partial charge in [0, 0.05) is 17.2 Å². The van der Waals surface area contributed by atoms with E-state index in [-0.39, 0.29) is 11.0 Å². The SMILES string of the molecule is COc1ccc(Cn2cc(C34CC(N)(C3)C4)nn2)cc1. The minimum Gasteiger partial charge on any atom is -0.497 e. The van der Waals surface area contributed by atoms with E-state index in [1.54, 1.807) is 7.11 Å². The number of nitrogens with two attached hydrogens (primary N) is 1. The molecular formula is C15H18N4O. The first kappa shape index (κ1) is 11.9. The van der Waals surface area contributed by atoms with E-state index in [4.69, 9.17) is 10.5 Å². The molecule has 20 heavy (non-hydrogen) atoms. The number of hydrogen-bond donors (Lipinski definition) is 1. The summed E-state index contributed by atoms with van der Waals surface area (Å²) in [5.74, 6) is 0.870. The van der Waals surface area contributed by atoms with Gasteiger partial charge in [-0.05, 0) is 37.0 Å². The molecule has 2 N–H and O–H groups in total. The van der Waals surface area contributed by atoms with Crippen LogP contribution in [0.4, 0.5) is 0 Å². The van der Waals surface area contributed by atoms with Crippen molar-refractivity contribution in [1.29, 1.82) is 0 Å². The molecule has 5 nitrogen and oxygen atoms in total. The van der Waals surface area contributed by atoms with Crippen molar-refractivity contribution in [3.63, 3.8) is 0 Å². The first-order valence-corrected chi connectivity index (χ1v) is 6.93. The molecule has 0 radical (unpaired) electrons. The normalized spacial score (nSPS) is 30.5. The molecule has 0 aliphatic heterocycles. The van der Waals surface area contributed by atoms with Crippen molar-refractivity contribution in [2.24, 2.45) is 5.73 Å². The molecular weight excluding hydrogens is 252 g/mol. The van der Waals surface area contributed by atoms with Crippen LogP contribution < -0.4 is 10.5 Å². The van der Waals surface area contributed by atoms with Gasteiger partial charge < -0.3 is 10.5 Å². The summed E-state index contributed by atoms with van der Waals surface area (Å²) < 4.78 is 7.06. The molecule has 2 aromatic rings. The monoisotopic (exact) mass is 270 g/mol. The third-order valence-corrected chi connectivity index (χ3v) is 4.66. The van der Waals surface area contributed by atoms with Crippen molar-refractivity contribution < 1.29 is 4.74 Å². The lowest BCUT2D eigenvalue weighted by molar-refractivity contribution is -0.0621. The highest BCUT2D eigenvalue weighted by Crippen LogP contribution is 2.65. The molecule has 5 rings (SSSR count). The highest BCUT2D eigenvalue weighted by molar-refractivity contribution is 5.36. The predicted molar refractivity (Wildman–Crippen MR) is 74.6 cm³/mol. The zero-order valence-corrected chi connectivity index (χ0v) is 11.5. The average molecular weight is 270 g/mol. The molecule has 1 heterocycles. The van der Waals surface area contributed by atoms with Gasteiger partial charge in [0.1, 0.15) is 5.75 Å². The Bertz CT molecular complexity index is 626. The Morgan fingerprint density at radius 3 is 2.55 bits per heavy atom. The van der Waals surface area contributed by atoms with Crippen LogP contribution in [0.3, 0.4) is 0 Å². The van der Waals surface area contributed by atoms with Crippen LogP contribution in [0.1, 0.15) is 30.5 Å². The topological polar surface area (TPSA) is 66.0 Å². The Kier molecular flexibility index (Phi) is 2.27. The molecule has 0 unspecified atom stereocenters. The third-order valence-electron chi connectivity index (χ3n) is 4.66. The average Bonchev–Trinajstić information content (AvgIpc) is 2.83. The molecule has 3 aliphatic rings. The summed E-state index contributed by atoms with van der Waals surface area (Å²) in [6.45, 7) is 0.737. The molecule has 3 fully saturated rings. The van der Waals surface area contributed by atoms with Gasteiger partial charge in [0.25, 0.3) is 0 Å². The molecule has 3 aliphatic carbocycles. The van der Waals surface area contributed by atoms with E-state index in [2.05, 4.69) is 28.6 Å². The second-order valence-electron chi connectivity index (χ2n) is 6.32. The van der Waals surface area contributed by atoms with Crippen molar-refractivity contribution in [3.05, 3.63) is 41.7 Å². The fourth-order valence-electron chi connectivity index (χ4n) is 3.67. The summed E-state index contributed by atoms with van der Waals surface area (Å²) in [5, 5.41) is 8.59. The zero-order chi connectivity index (χ0) is 13.8. The highest BCUT2D eigenvalue weighted by Gasteiger charge is 2.67. The Labute approximate surface area is 117 Å². The van der Waals surface area contributed by atoms with Gasteiger partial charge in [-0.1, -0.05) is 17.3 Å². The maximum Gasteiger partial charge on any atom is 0.118 e. The standard InChI is InChI=1S/C15H18N4O/c1-20-12-4-2-11(3-5-12)6-19-7-13(17-18-19)14-8-15(16,9-14)10-14/h2-5,7H,6,8-10,16H2,1H3. The number of aromatic nitrogens is 3. The van der Waals surface area contributed by atoms with Crippen LogP contribution in [0, 0.1) is 0 Å². The summed E-state index contributed by atoms with van der Waals surface area (Å²) >= 11 is 0. The van der Waals surface area contributed by atoms with E-state index in [0.717, 1.165) is 37.3 Å². The second-order valence-corrected chi connectivity index (χ2v) is 6.32. The molecule has 0 amide bonds. The second kappa shape index (κ2) is 3.82. The highest BCUT2D eigenvalue weighted by atomic mass is 16.5. The molecule has 5 heteroatoms. The first-order chi connectivity index (χ1) is 9.61. The van der Waals surface area contributed by atoms with Crippen LogP contribution in [-0.4, -0.2) is 27.6 Å². The van der Waals surface area contributed by atoms with Gasteiger partial charge in [-0.15, -0.1) is 5.10 Å². The summed E-state index contributed by atoms with van der Waals surface area (Å²) in [5.41, 5.74) is 8.75. The van der Waals surface area contributed by atoms with E-state index in [9.17, 15) is 0 Å². The lowest BCUT2D eigenvalue weighted by Gasteiger charge is -2.68. The summed E-state index contributed by atoms with van der Waals surface area (Å²) in [6.07, 6.45) is 5.28. The van der Waals surface area contributed by atoms with E-state index in [0.29, 0.717) is 0 Å². The lowest BCUT2D eigenvalue weighted by atomic mass is 9.39. The largest absolute Gasteiger partial charge is 0.497 e. The molecule has 1 aromatic heterocycles. The number of nitrogens with zero attached hydrogens (tertiary/aromatic N) is 3. The third kappa shape index (κ3) is 1.66. The van der Waals surface area contributed by atoms with Gasteiger partial charge >= 0.3 is 0 Å². The maximum absolute atomic E-state index is 6.10. The number of ether oxygens (including phenoxy) is 1. The Morgan fingerprint density at radius 1 is 1.25 bits per heavy atom. The number of hydrogen-bond acceptors (Lipinski definition) is 4. The summed E-state index contributed by atoms with van der Waals surface area (Å²) in [7, 11) is 1.67. The fourth-order valence-corrected chi connectivity index (χ4v) is 3.67. The molecule has 0 saturated heterocycles. The molecule has 104 valence electrons. The van der Waals surface area contributed by atoms with E-state index < -0.39 is 0 Å². The summed E-state index contributed by atoms with van der Waals surface area (Å²) in [4.78, 5) is 0. The Hall–Kier alpha value is -1.88. The minimum atomic E-state index is 0.111. The molecule has 0 atom stereocenters. The fraction of sp³-hybridized carbons (Fsp3) is 0.467. The molecule has 0 spiro atoms. The van der Waals surface area contributed by atoms with E-state index in [1.807, 2.05) is 16.8 Å². The predicted octanol–water partition coefficient (Wildman–Crippen LogP) is 1.47. The van der Waals surface area contributed by atoms with Gasteiger partial charge in [-0.25, -0.2) is 4.68 Å². The van der Waals surface area contributed by atoms with Gasteiger partial charge in [0.15, 0.2) is 0 Å². The van der Waals surface area contributed by atoms with Crippen molar-refractivity contribution in [2.75, 3.05) is 7.11 Å². The van der Waals surface area contributed by atoms with E-state index in [1.165, 1.54) is 5.56 Å². The number of methoxy groups -OCH3 is 1. The van der Waals surface area contributed by atoms with Crippen molar-refractivity contribution in [2.45, 2.75) is 36.8 Å². The minimum absolute atomic E-state index is 0.111. The van der Waals surface area contributed by atoms with Crippen molar-refractivity contribution >= 4 is 0 Å². The van der Waals surface area contributed by atoms with Crippen LogP contribution in [0.2, 0.25) is 0 Å². The van der Waals surface area contributed by atoms with E-state index >= 15 is 0 Å². The zero-order valence-electron chi connectivity index (χ0n) is 11.5.